The first-order valence-electron chi connectivity index (χ1n) is 6.21. The number of hydrogen-bond donors (Lipinski definition) is 1. The number of anilines is 1. The van der Waals surface area contributed by atoms with Gasteiger partial charge in [0.1, 0.15) is 11.5 Å². The van der Waals surface area contributed by atoms with E-state index in [1.165, 1.54) is 7.11 Å². The zero-order valence-electron chi connectivity index (χ0n) is 11.7. The molecule has 106 valence electrons. The number of nitrogens with one attached hydrogen (secondary N) is 1. The Labute approximate surface area is 122 Å². The third kappa shape index (κ3) is 3.31. The zero-order chi connectivity index (χ0) is 15.2. The Morgan fingerprint density at radius 1 is 1.14 bits per heavy atom. The molecule has 2 rings (SSSR count). The fraction of sp³-hybridized carbons (Fsp3) is 0.125. The first kappa shape index (κ1) is 14.4. The van der Waals surface area contributed by atoms with Crippen LogP contribution in [0.1, 0.15) is 15.9 Å². The molecule has 0 atom stereocenters. The molecule has 5 heteroatoms. The molecule has 0 saturated carbocycles. The second-order valence-corrected chi connectivity index (χ2v) is 4.21. The molecule has 0 unspecified atom stereocenters. The van der Waals surface area contributed by atoms with Crippen molar-refractivity contribution in [2.45, 2.75) is 0 Å². The summed E-state index contributed by atoms with van der Waals surface area (Å²) in [5.41, 5.74) is 1.44. The van der Waals surface area contributed by atoms with Crippen molar-refractivity contribution in [2.75, 3.05) is 19.5 Å². The van der Waals surface area contributed by atoms with Crippen LogP contribution in [0.3, 0.4) is 0 Å². The number of amides is 1. The van der Waals surface area contributed by atoms with E-state index in [2.05, 4.69) is 5.32 Å². The summed E-state index contributed by atoms with van der Waals surface area (Å²) in [4.78, 5) is 12.2. The Morgan fingerprint density at radius 2 is 1.95 bits per heavy atom. The molecule has 0 radical (unpaired) electrons. The summed E-state index contributed by atoms with van der Waals surface area (Å²) in [5, 5.41) is 11.6. The SMILES string of the molecule is COc1cccc(C(=O)Nc2ccc(C#N)cc2OC)c1. The largest absolute Gasteiger partial charge is 0.497 e. The van der Waals surface area contributed by atoms with Crippen LogP contribution in [0.2, 0.25) is 0 Å². The van der Waals surface area contributed by atoms with Gasteiger partial charge in [0.25, 0.3) is 5.91 Å². The van der Waals surface area contributed by atoms with E-state index in [-0.39, 0.29) is 5.91 Å². The molecule has 2 aromatic rings. The van der Waals surface area contributed by atoms with Gasteiger partial charge in [-0.05, 0) is 30.3 Å². The first-order valence-corrected chi connectivity index (χ1v) is 6.21. The van der Waals surface area contributed by atoms with Gasteiger partial charge >= 0.3 is 0 Å². The van der Waals surface area contributed by atoms with E-state index in [9.17, 15) is 4.79 Å². The third-order valence-corrected chi connectivity index (χ3v) is 2.91. The minimum atomic E-state index is -0.281. The standard InChI is InChI=1S/C16H14N2O3/c1-20-13-5-3-4-12(9-13)16(19)18-14-7-6-11(10-17)8-15(14)21-2/h3-9H,1-2H3,(H,18,19). The minimum Gasteiger partial charge on any atom is -0.497 e. The van der Waals surface area contributed by atoms with E-state index in [1.54, 1.807) is 49.6 Å². The van der Waals surface area contributed by atoms with Crippen LogP contribution in [0.15, 0.2) is 42.5 Å². The van der Waals surface area contributed by atoms with Gasteiger partial charge in [-0.3, -0.25) is 4.79 Å². The number of carbonyl (C=O) groups is 1. The number of rotatable bonds is 4. The molecule has 0 aromatic heterocycles. The van der Waals surface area contributed by atoms with Crippen LogP contribution in [0.25, 0.3) is 0 Å². The molecule has 1 amide bonds. The molecule has 0 aliphatic rings. The quantitative estimate of drug-likeness (QED) is 0.936. The van der Waals surface area contributed by atoms with Crippen molar-refractivity contribution in [2.24, 2.45) is 0 Å². The van der Waals surface area contributed by atoms with Crippen LogP contribution >= 0.6 is 0 Å². The van der Waals surface area contributed by atoms with Crippen LogP contribution < -0.4 is 14.8 Å². The lowest BCUT2D eigenvalue weighted by molar-refractivity contribution is 0.102. The van der Waals surface area contributed by atoms with Crippen LogP contribution in [0, 0.1) is 11.3 Å². The Kier molecular flexibility index (Phi) is 4.42. The summed E-state index contributed by atoms with van der Waals surface area (Å²) in [6, 6.07) is 13.7. The van der Waals surface area contributed by atoms with Crippen molar-refractivity contribution in [3.05, 3.63) is 53.6 Å². The maximum atomic E-state index is 12.2. The van der Waals surface area contributed by atoms with Gasteiger partial charge in [-0.2, -0.15) is 5.26 Å². The summed E-state index contributed by atoms with van der Waals surface area (Å²) in [5.74, 6) is 0.761. The smallest absolute Gasteiger partial charge is 0.255 e. The molecule has 2 aromatic carbocycles. The van der Waals surface area contributed by atoms with Gasteiger partial charge in [0.15, 0.2) is 0 Å². The fourth-order valence-corrected chi connectivity index (χ4v) is 1.82. The van der Waals surface area contributed by atoms with Gasteiger partial charge < -0.3 is 14.8 Å². The van der Waals surface area contributed by atoms with Crippen molar-refractivity contribution in [3.8, 4) is 17.6 Å². The molecule has 0 saturated heterocycles. The van der Waals surface area contributed by atoms with Crippen LogP contribution in [0.4, 0.5) is 5.69 Å². The minimum absolute atomic E-state index is 0.281. The van der Waals surface area contributed by atoms with Gasteiger partial charge in [-0.1, -0.05) is 6.07 Å². The molecule has 0 aliphatic heterocycles. The predicted molar refractivity (Wildman–Crippen MR) is 78.7 cm³/mol. The Morgan fingerprint density at radius 3 is 2.62 bits per heavy atom. The molecule has 0 bridgehead atoms. The van der Waals surface area contributed by atoms with Gasteiger partial charge in [0.2, 0.25) is 0 Å². The first-order chi connectivity index (χ1) is 10.2. The second-order valence-electron chi connectivity index (χ2n) is 4.21. The monoisotopic (exact) mass is 282 g/mol. The van der Waals surface area contributed by atoms with E-state index in [0.717, 1.165) is 0 Å². The second kappa shape index (κ2) is 6.44. The normalized spacial score (nSPS) is 9.57. The van der Waals surface area contributed by atoms with E-state index in [1.807, 2.05) is 6.07 Å². The maximum Gasteiger partial charge on any atom is 0.255 e. The fourth-order valence-electron chi connectivity index (χ4n) is 1.82. The zero-order valence-corrected chi connectivity index (χ0v) is 11.7. The van der Waals surface area contributed by atoms with Gasteiger partial charge in [-0.15, -0.1) is 0 Å². The average molecular weight is 282 g/mol. The molecule has 0 fully saturated rings. The highest BCUT2D eigenvalue weighted by Gasteiger charge is 2.11. The van der Waals surface area contributed by atoms with Crippen molar-refractivity contribution in [1.29, 1.82) is 5.26 Å². The summed E-state index contributed by atoms with van der Waals surface area (Å²) in [7, 11) is 3.03. The summed E-state index contributed by atoms with van der Waals surface area (Å²) < 4.78 is 10.3. The lowest BCUT2D eigenvalue weighted by Crippen LogP contribution is -2.12. The molecule has 1 N–H and O–H groups in total. The topological polar surface area (TPSA) is 71.3 Å². The van der Waals surface area contributed by atoms with Crippen molar-refractivity contribution in [3.63, 3.8) is 0 Å². The average Bonchev–Trinajstić information content (AvgIpc) is 2.55. The number of nitrogens with zero attached hydrogens (tertiary/aromatic N) is 1. The van der Waals surface area contributed by atoms with Gasteiger partial charge in [0, 0.05) is 11.6 Å². The number of hydrogen-bond acceptors (Lipinski definition) is 4. The van der Waals surface area contributed by atoms with Gasteiger partial charge in [0.05, 0.1) is 31.5 Å². The number of methoxy groups -OCH3 is 2. The summed E-state index contributed by atoms with van der Waals surface area (Å²) in [6.07, 6.45) is 0. The highest BCUT2D eigenvalue weighted by Crippen LogP contribution is 2.26. The van der Waals surface area contributed by atoms with Crippen molar-refractivity contribution >= 4 is 11.6 Å². The molecule has 5 nitrogen and oxygen atoms in total. The summed E-state index contributed by atoms with van der Waals surface area (Å²) >= 11 is 0. The van der Waals surface area contributed by atoms with E-state index in [4.69, 9.17) is 14.7 Å². The molecule has 0 spiro atoms. The summed E-state index contributed by atoms with van der Waals surface area (Å²) in [6.45, 7) is 0. The maximum absolute atomic E-state index is 12.2. The third-order valence-electron chi connectivity index (χ3n) is 2.91. The molecule has 21 heavy (non-hydrogen) atoms. The van der Waals surface area contributed by atoms with Crippen LogP contribution in [0.5, 0.6) is 11.5 Å². The molecular weight excluding hydrogens is 268 g/mol. The number of benzene rings is 2. The predicted octanol–water partition coefficient (Wildman–Crippen LogP) is 2.83. The Bertz CT molecular complexity index is 705. The van der Waals surface area contributed by atoms with Crippen LogP contribution in [-0.2, 0) is 0 Å². The Hall–Kier alpha value is -3.00. The Balaban J connectivity index is 2.25. The van der Waals surface area contributed by atoms with E-state index < -0.39 is 0 Å². The molecule has 0 heterocycles. The number of nitriles is 1. The lowest BCUT2D eigenvalue weighted by Gasteiger charge is -2.11. The van der Waals surface area contributed by atoms with Gasteiger partial charge in [-0.25, -0.2) is 0 Å². The van der Waals surface area contributed by atoms with Crippen LogP contribution in [-0.4, -0.2) is 20.1 Å². The van der Waals surface area contributed by atoms with Crippen molar-refractivity contribution < 1.29 is 14.3 Å². The lowest BCUT2D eigenvalue weighted by atomic mass is 10.1. The van der Waals surface area contributed by atoms with E-state index in [0.29, 0.717) is 28.3 Å². The highest BCUT2D eigenvalue weighted by molar-refractivity contribution is 6.05. The van der Waals surface area contributed by atoms with E-state index >= 15 is 0 Å². The number of carbonyl (C=O) groups excluding carboxylic acids is 1. The van der Waals surface area contributed by atoms with Crippen molar-refractivity contribution in [1.82, 2.24) is 0 Å². The number of ether oxygens (including phenoxy) is 2. The molecular formula is C16H14N2O3. The molecule has 0 aliphatic carbocycles. The highest BCUT2D eigenvalue weighted by atomic mass is 16.5.